The number of carbonyl (C=O) groups is 2. The smallest absolute Gasteiger partial charge is 0.265 e. The molecule has 1 N–H and O–H groups in total. The van der Waals surface area contributed by atoms with Gasteiger partial charge in [-0.2, -0.15) is 0 Å². The van der Waals surface area contributed by atoms with E-state index in [-0.39, 0.29) is 36.2 Å². The van der Waals surface area contributed by atoms with Crippen LogP contribution in [-0.4, -0.2) is 68.2 Å². The number of ketones is 1. The van der Waals surface area contributed by atoms with Crippen molar-refractivity contribution < 1.29 is 19.1 Å². The molecule has 0 atom stereocenters. The van der Waals surface area contributed by atoms with Crippen molar-refractivity contribution in [3.05, 3.63) is 75.4 Å². The number of fused-ring (bicyclic) bond motifs is 3. The van der Waals surface area contributed by atoms with E-state index in [1.807, 2.05) is 51.4 Å². The summed E-state index contributed by atoms with van der Waals surface area (Å²) >= 11 is 1.24. The number of para-hydroxylation sites is 1. The van der Waals surface area contributed by atoms with E-state index >= 15 is 0 Å². The SMILES string of the molecule is CCOCCOc1c(C(=O)NCCCN(C)C)sc2c1c(=O)n(CC(=O)c1ccccc1)c1ccccc21. The van der Waals surface area contributed by atoms with Gasteiger partial charge in [-0.25, -0.2) is 0 Å². The molecule has 0 aliphatic carbocycles. The Bertz CT molecular complexity index is 1480. The number of nitrogens with zero attached hydrogens (tertiary/aromatic N) is 2. The lowest BCUT2D eigenvalue weighted by Gasteiger charge is -2.13. The summed E-state index contributed by atoms with van der Waals surface area (Å²) in [6.45, 7) is 4.16. The normalized spacial score (nSPS) is 11.4. The van der Waals surface area contributed by atoms with Crippen molar-refractivity contribution in [2.75, 3.05) is 47.0 Å². The minimum atomic E-state index is -0.364. The molecule has 9 heteroatoms. The van der Waals surface area contributed by atoms with Crippen LogP contribution in [0.5, 0.6) is 5.75 Å². The predicted molar refractivity (Wildman–Crippen MR) is 152 cm³/mol. The molecule has 0 unspecified atom stereocenters. The van der Waals surface area contributed by atoms with Crippen LogP contribution in [-0.2, 0) is 11.3 Å². The van der Waals surface area contributed by atoms with Crippen molar-refractivity contribution in [1.29, 1.82) is 0 Å². The van der Waals surface area contributed by atoms with Crippen LogP contribution in [0.1, 0.15) is 33.4 Å². The minimum Gasteiger partial charge on any atom is -0.489 e. The third kappa shape index (κ3) is 6.12. The Labute approximate surface area is 225 Å². The Hall–Kier alpha value is -3.53. The highest BCUT2D eigenvalue weighted by Gasteiger charge is 2.26. The van der Waals surface area contributed by atoms with Crippen molar-refractivity contribution in [2.24, 2.45) is 0 Å². The maximum absolute atomic E-state index is 14.0. The summed E-state index contributed by atoms with van der Waals surface area (Å²) in [6, 6.07) is 16.3. The number of ether oxygens (including phenoxy) is 2. The van der Waals surface area contributed by atoms with Crippen molar-refractivity contribution >= 4 is 44.0 Å². The summed E-state index contributed by atoms with van der Waals surface area (Å²) in [7, 11) is 3.97. The third-order valence-corrected chi connectivity index (χ3v) is 7.32. The summed E-state index contributed by atoms with van der Waals surface area (Å²) in [5, 5.41) is 4.06. The molecule has 200 valence electrons. The number of carbonyl (C=O) groups excluding carboxylic acids is 2. The van der Waals surface area contributed by atoms with Crippen LogP contribution >= 0.6 is 11.3 Å². The number of Topliss-reactive ketones (excluding diaryl/α,β-unsaturated/α-hetero) is 1. The Kier molecular flexibility index (Phi) is 9.28. The van der Waals surface area contributed by atoms with Gasteiger partial charge < -0.3 is 19.7 Å². The van der Waals surface area contributed by atoms with E-state index in [0.717, 1.165) is 18.4 Å². The Morgan fingerprint density at radius 3 is 2.50 bits per heavy atom. The average molecular weight is 536 g/mol. The van der Waals surface area contributed by atoms with E-state index < -0.39 is 0 Å². The van der Waals surface area contributed by atoms with Crippen molar-refractivity contribution in [2.45, 2.75) is 19.9 Å². The molecule has 8 nitrogen and oxygen atoms in total. The summed E-state index contributed by atoms with van der Waals surface area (Å²) in [6.07, 6.45) is 0.793. The zero-order chi connectivity index (χ0) is 27.1. The number of benzene rings is 2. The molecule has 38 heavy (non-hydrogen) atoms. The zero-order valence-corrected chi connectivity index (χ0v) is 22.8. The van der Waals surface area contributed by atoms with Gasteiger partial charge in [0.25, 0.3) is 11.5 Å². The second kappa shape index (κ2) is 12.8. The number of hydrogen-bond acceptors (Lipinski definition) is 7. The summed E-state index contributed by atoms with van der Waals surface area (Å²) in [5.41, 5.74) is 0.798. The molecule has 0 bridgehead atoms. The first kappa shape index (κ1) is 27.5. The van der Waals surface area contributed by atoms with E-state index in [9.17, 15) is 14.4 Å². The van der Waals surface area contributed by atoms with Crippen molar-refractivity contribution in [3.63, 3.8) is 0 Å². The fourth-order valence-corrected chi connectivity index (χ4v) is 5.46. The molecule has 0 aliphatic heterocycles. The topological polar surface area (TPSA) is 89.9 Å². The highest BCUT2D eigenvalue weighted by molar-refractivity contribution is 7.22. The second-order valence-corrected chi connectivity index (χ2v) is 10.1. The highest BCUT2D eigenvalue weighted by Crippen LogP contribution is 2.39. The lowest BCUT2D eigenvalue weighted by molar-refractivity contribution is 0.0939. The molecule has 0 aliphatic rings. The van der Waals surface area contributed by atoms with Gasteiger partial charge in [-0.05, 0) is 40.1 Å². The molecule has 0 fully saturated rings. The number of hydrogen-bond donors (Lipinski definition) is 1. The van der Waals surface area contributed by atoms with Crippen molar-refractivity contribution in [1.82, 2.24) is 14.8 Å². The first-order chi connectivity index (χ1) is 18.4. The van der Waals surface area contributed by atoms with Gasteiger partial charge in [0.2, 0.25) is 0 Å². The van der Waals surface area contributed by atoms with Crippen LogP contribution in [0.15, 0.2) is 59.4 Å². The minimum absolute atomic E-state index is 0.125. The lowest BCUT2D eigenvalue weighted by Crippen LogP contribution is -2.27. The Morgan fingerprint density at radius 1 is 1.03 bits per heavy atom. The average Bonchev–Trinajstić information content (AvgIpc) is 3.31. The van der Waals surface area contributed by atoms with Crippen molar-refractivity contribution in [3.8, 4) is 5.75 Å². The standard InChI is InChI=1S/C29H33N3O5S/c1-4-36-17-18-37-25-24-26(38-27(25)28(34)30-15-10-16-31(2)3)21-13-8-9-14-22(21)32(29(24)35)19-23(33)20-11-6-5-7-12-20/h5-9,11-14H,4,10,15-19H2,1-3H3,(H,30,34). The molecule has 0 saturated carbocycles. The van der Waals surface area contributed by atoms with Gasteiger partial charge in [-0.1, -0.05) is 48.5 Å². The van der Waals surface area contributed by atoms with E-state index in [0.29, 0.717) is 45.8 Å². The molecule has 4 rings (SSSR count). The highest BCUT2D eigenvalue weighted by atomic mass is 32.1. The summed E-state index contributed by atoms with van der Waals surface area (Å²) < 4.78 is 13.6. The fraction of sp³-hybridized carbons (Fsp3) is 0.345. The predicted octanol–water partition coefficient (Wildman–Crippen LogP) is 4.20. The van der Waals surface area contributed by atoms with Crippen LogP contribution < -0.4 is 15.6 Å². The molecule has 0 spiro atoms. The van der Waals surface area contributed by atoms with Gasteiger partial charge in [-0.3, -0.25) is 19.0 Å². The summed E-state index contributed by atoms with van der Waals surface area (Å²) in [5.74, 6) is -0.219. The quantitative estimate of drug-likeness (QED) is 0.204. The Balaban J connectivity index is 1.81. The zero-order valence-electron chi connectivity index (χ0n) is 22.0. The number of amides is 1. The molecule has 2 heterocycles. The third-order valence-electron chi connectivity index (χ3n) is 6.11. The van der Waals surface area contributed by atoms with Crippen LogP contribution in [0, 0.1) is 0 Å². The van der Waals surface area contributed by atoms with Crippen LogP contribution in [0.3, 0.4) is 0 Å². The molecule has 0 saturated heterocycles. The van der Waals surface area contributed by atoms with Gasteiger partial charge in [-0.15, -0.1) is 11.3 Å². The molecule has 0 radical (unpaired) electrons. The number of rotatable bonds is 13. The Morgan fingerprint density at radius 2 is 1.76 bits per heavy atom. The molecule has 1 amide bonds. The maximum Gasteiger partial charge on any atom is 0.265 e. The number of thiophene rings is 1. The van der Waals surface area contributed by atoms with Gasteiger partial charge in [0, 0.05) is 24.1 Å². The fourth-order valence-electron chi connectivity index (χ4n) is 4.27. The van der Waals surface area contributed by atoms with E-state index in [1.165, 1.54) is 15.9 Å². The van der Waals surface area contributed by atoms with E-state index in [1.54, 1.807) is 24.3 Å². The van der Waals surface area contributed by atoms with Gasteiger partial charge in [0.05, 0.1) is 23.4 Å². The number of pyridine rings is 1. The van der Waals surface area contributed by atoms with Crippen LogP contribution in [0.4, 0.5) is 0 Å². The molecular weight excluding hydrogens is 502 g/mol. The molecule has 4 aromatic rings. The van der Waals surface area contributed by atoms with Gasteiger partial charge in [0.15, 0.2) is 11.5 Å². The van der Waals surface area contributed by atoms with Crippen LogP contribution in [0.25, 0.3) is 21.0 Å². The van der Waals surface area contributed by atoms with E-state index in [4.69, 9.17) is 9.47 Å². The van der Waals surface area contributed by atoms with Gasteiger partial charge >= 0.3 is 0 Å². The second-order valence-electron chi connectivity index (χ2n) is 9.12. The molecular formula is C29H33N3O5S. The first-order valence-corrected chi connectivity index (χ1v) is 13.5. The lowest BCUT2D eigenvalue weighted by atomic mass is 10.1. The van der Waals surface area contributed by atoms with E-state index in [2.05, 4.69) is 10.2 Å². The number of nitrogens with one attached hydrogen (secondary N) is 1. The summed E-state index contributed by atoms with van der Waals surface area (Å²) in [4.78, 5) is 42.7. The first-order valence-electron chi connectivity index (χ1n) is 12.7. The largest absolute Gasteiger partial charge is 0.489 e. The van der Waals surface area contributed by atoms with Crippen LogP contribution in [0.2, 0.25) is 0 Å². The number of aromatic nitrogens is 1. The molecule has 2 aromatic carbocycles. The maximum atomic E-state index is 14.0. The monoisotopic (exact) mass is 535 g/mol. The van der Waals surface area contributed by atoms with Gasteiger partial charge in [0.1, 0.15) is 16.9 Å². The molecule has 2 aromatic heterocycles.